The van der Waals surface area contributed by atoms with Gasteiger partial charge in [0.2, 0.25) is 0 Å². The van der Waals surface area contributed by atoms with Gasteiger partial charge in [0.1, 0.15) is 7.85 Å². The van der Waals surface area contributed by atoms with Crippen molar-refractivity contribution in [2.75, 3.05) is 0 Å². The van der Waals surface area contributed by atoms with Gasteiger partial charge in [-0.05, 0) is 6.92 Å². The number of rotatable bonds is 1. The Morgan fingerprint density at radius 2 is 2.10 bits per heavy atom. The van der Waals surface area contributed by atoms with E-state index in [0.29, 0.717) is 6.32 Å². The van der Waals surface area contributed by atoms with E-state index in [1.54, 1.807) is 0 Å². The van der Waals surface area contributed by atoms with E-state index in [2.05, 4.69) is 0 Å². The fraction of sp³-hybridized carbons (Fsp3) is 0.250. The van der Waals surface area contributed by atoms with Crippen molar-refractivity contribution in [2.24, 2.45) is 0 Å². The van der Waals surface area contributed by atoms with E-state index < -0.39 is 0 Å². The zero-order valence-corrected chi connectivity index (χ0v) is 6.09. The molecule has 0 atom stereocenters. The molecule has 0 heterocycles. The van der Waals surface area contributed by atoms with E-state index in [0.717, 1.165) is 16.6 Å². The Kier molecular flexibility index (Phi) is 2.21. The molecule has 1 aromatic rings. The summed E-state index contributed by atoms with van der Waals surface area (Å²) < 4.78 is 0. The summed E-state index contributed by atoms with van der Waals surface area (Å²) in [6.45, 7) is 1.98. The molecule has 0 amide bonds. The van der Waals surface area contributed by atoms with E-state index >= 15 is 0 Å². The molecule has 0 nitrogen and oxygen atoms in total. The number of benzene rings is 1. The zero-order chi connectivity index (χ0) is 7.56. The van der Waals surface area contributed by atoms with Gasteiger partial charge in [-0.2, -0.15) is 0 Å². The van der Waals surface area contributed by atoms with Crippen LogP contribution in [0.4, 0.5) is 0 Å². The predicted octanol–water partition coefficient (Wildman–Crippen LogP) is 0.457. The van der Waals surface area contributed by atoms with Crippen molar-refractivity contribution < 1.29 is 0 Å². The maximum absolute atomic E-state index is 5.64. The Hall–Kier alpha value is -0.650. The summed E-state index contributed by atoms with van der Waals surface area (Å²) in [5.74, 6) is 0. The van der Waals surface area contributed by atoms with Crippen LogP contribution < -0.4 is 5.46 Å². The lowest BCUT2D eigenvalue weighted by atomic mass is 9.84. The van der Waals surface area contributed by atoms with Crippen molar-refractivity contribution in [3.05, 3.63) is 29.3 Å². The van der Waals surface area contributed by atoms with Crippen LogP contribution in [0.1, 0.15) is 11.1 Å². The summed E-state index contributed by atoms with van der Waals surface area (Å²) in [7, 11) is 11.1. The minimum absolute atomic E-state index is 0.566. The monoisotopic (exact) mass is 126 g/mol. The second-order valence-corrected chi connectivity index (χ2v) is 2.34. The van der Waals surface area contributed by atoms with Gasteiger partial charge in [-0.1, -0.05) is 41.1 Å². The Morgan fingerprint density at radius 1 is 1.40 bits per heavy atom. The van der Waals surface area contributed by atoms with Crippen LogP contribution in [0.2, 0.25) is 0 Å². The predicted molar refractivity (Wildman–Crippen MR) is 46.0 cm³/mol. The summed E-state index contributed by atoms with van der Waals surface area (Å²) in [6.07, 6.45) is 0.566. The van der Waals surface area contributed by atoms with E-state index in [-0.39, 0.29) is 0 Å². The first kappa shape index (κ1) is 7.46. The average Bonchev–Trinajstić information content (AvgIpc) is 1.95. The summed E-state index contributed by atoms with van der Waals surface area (Å²) in [5.41, 5.74) is 3.05. The van der Waals surface area contributed by atoms with Crippen LogP contribution in [0.25, 0.3) is 0 Å². The molecule has 0 N–H and O–H groups in total. The molecule has 0 saturated heterocycles. The van der Waals surface area contributed by atoms with E-state index in [4.69, 9.17) is 15.7 Å². The SMILES string of the molecule is [B]Cc1cccc([B])c1C. The van der Waals surface area contributed by atoms with Crippen molar-refractivity contribution in [1.29, 1.82) is 0 Å². The fourth-order valence-electron chi connectivity index (χ4n) is 0.924. The molecule has 10 heavy (non-hydrogen) atoms. The lowest BCUT2D eigenvalue weighted by Crippen LogP contribution is -2.09. The Labute approximate surface area is 64.5 Å². The molecule has 0 aliphatic rings. The highest BCUT2D eigenvalue weighted by atomic mass is 14.0. The van der Waals surface area contributed by atoms with Crippen molar-refractivity contribution >= 4 is 21.2 Å². The van der Waals surface area contributed by atoms with Crippen molar-refractivity contribution in [1.82, 2.24) is 0 Å². The highest BCUT2D eigenvalue weighted by Crippen LogP contribution is 2.02. The molecule has 0 saturated carbocycles. The minimum Gasteiger partial charge on any atom is -0.0936 e. The smallest absolute Gasteiger partial charge is 0.0936 e. The summed E-state index contributed by atoms with van der Waals surface area (Å²) >= 11 is 0. The second-order valence-electron chi connectivity index (χ2n) is 2.34. The largest absolute Gasteiger partial charge is 0.114 e. The molecule has 46 valence electrons. The number of hydrogen-bond acceptors (Lipinski definition) is 0. The fourth-order valence-corrected chi connectivity index (χ4v) is 0.924. The summed E-state index contributed by atoms with van der Waals surface area (Å²) in [5, 5.41) is 0. The lowest BCUT2D eigenvalue weighted by Gasteiger charge is -2.04. The van der Waals surface area contributed by atoms with Gasteiger partial charge in [-0.25, -0.2) is 0 Å². The molecule has 0 spiro atoms. The topological polar surface area (TPSA) is 0 Å². The molecule has 0 aliphatic carbocycles. The van der Waals surface area contributed by atoms with Gasteiger partial charge in [0, 0.05) is 0 Å². The van der Waals surface area contributed by atoms with Gasteiger partial charge in [0.25, 0.3) is 0 Å². The normalized spacial score (nSPS) is 9.70. The molecular formula is C8H8B2. The van der Waals surface area contributed by atoms with Crippen LogP contribution in [-0.4, -0.2) is 15.7 Å². The van der Waals surface area contributed by atoms with Gasteiger partial charge in [-0.3, -0.25) is 0 Å². The third-order valence-electron chi connectivity index (χ3n) is 1.71. The van der Waals surface area contributed by atoms with Crippen LogP contribution in [0.3, 0.4) is 0 Å². The summed E-state index contributed by atoms with van der Waals surface area (Å²) in [6, 6.07) is 5.80. The minimum atomic E-state index is 0.566. The van der Waals surface area contributed by atoms with Gasteiger partial charge in [0.05, 0.1) is 7.85 Å². The highest BCUT2D eigenvalue weighted by molar-refractivity contribution is 6.33. The van der Waals surface area contributed by atoms with Gasteiger partial charge < -0.3 is 0 Å². The Bertz CT molecular complexity index is 231. The van der Waals surface area contributed by atoms with Crippen LogP contribution in [0.5, 0.6) is 0 Å². The number of hydrogen-bond donors (Lipinski definition) is 0. The Balaban J connectivity index is 3.14. The third kappa shape index (κ3) is 1.26. The van der Waals surface area contributed by atoms with Gasteiger partial charge in [-0.15, -0.1) is 0 Å². The van der Waals surface area contributed by atoms with Gasteiger partial charge >= 0.3 is 0 Å². The molecule has 1 rings (SSSR count). The van der Waals surface area contributed by atoms with Crippen molar-refractivity contribution in [3.8, 4) is 0 Å². The van der Waals surface area contributed by atoms with Crippen LogP contribution >= 0.6 is 0 Å². The molecular weight excluding hydrogens is 118 g/mol. The molecule has 1 aromatic carbocycles. The van der Waals surface area contributed by atoms with Crippen LogP contribution in [0.15, 0.2) is 18.2 Å². The molecule has 0 aliphatic heterocycles. The highest BCUT2D eigenvalue weighted by Gasteiger charge is 1.95. The first-order valence-electron chi connectivity index (χ1n) is 3.29. The lowest BCUT2D eigenvalue weighted by molar-refractivity contribution is 1.32. The average molecular weight is 126 g/mol. The molecule has 0 aromatic heterocycles. The molecule has 4 radical (unpaired) electrons. The molecule has 2 heteroatoms. The molecule has 0 bridgehead atoms. The quantitative estimate of drug-likeness (QED) is 0.479. The van der Waals surface area contributed by atoms with E-state index in [1.807, 2.05) is 25.1 Å². The molecule has 0 unspecified atom stereocenters. The van der Waals surface area contributed by atoms with Crippen molar-refractivity contribution in [2.45, 2.75) is 13.2 Å². The van der Waals surface area contributed by atoms with E-state index in [1.165, 1.54) is 0 Å². The Morgan fingerprint density at radius 3 is 2.60 bits per heavy atom. The summed E-state index contributed by atoms with van der Waals surface area (Å²) in [4.78, 5) is 0. The maximum atomic E-state index is 5.64. The maximum Gasteiger partial charge on any atom is 0.114 e. The zero-order valence-electron chi connectivity index (χ0n) is 6.09. The van der Waals surface area contributed by atoms with Crippen LogP contribution in [-0.2, 0) is 6.32 Å². The van der Waals surface area contributed by atoms with E-state index in [9.17, 15) is 0 Å². The third-order valence-corrected chi connectivity index (χ3v) is 1.71. The molecule has 0 fully saturated rings. The van der Waals surface area contributed by atoms with Crippen molar-refractivity contribution in [3.63, 3.8) is 0 Å². The second kappa shape index (κ2) is 2.96. The van der Waals surface area contributed by atoms with Gasteiger partial charge in [0.15, 0.2) is 0 Å². The first-order chi connectivity index (χ1) is 4.75. The first-order valence-corrected chi connectivity index (χ1v) is 3.29. The van der Waals surface area contributed by atoms with Crippen LogP contribution in [0, 0.1) is 6.92 Å². The standard InChI is InChI=1S/C8H8B2/c1-6-7(5-9)3-2-4-8(6)10/h2-4H,5H2,1H3.